The van der Waals surface area contributed by atoms with E-state index in [0.29, 0.717) is 24.4 Å². The summed E-state index contributed by atoms with van der Waals surface area (Å²) in [5.74, 6) is -0.129. The van der Waals surface area contributed by atoms with Crippen molar-refractivity contribution < 1.29 is 18.3 Å². The molecule has 1 heterocycles. The molecule has 11 heteroatoms. The first kappa shape index (κ1) is 25.2. The molecule has 0 aliphatic rings. The van der Waals surface area contributed by atoms with E-state index in [1.807, 2.05) is 24.3 Å². The minimum atomic E-state index is -3.27. The molecule has 1 amide bonds. The highest BCUT2D eigenvalue weighted by molar-refractivity contribution is 7.90. The molecule has 0 aliphatic carbocycles. The van der Waals surface area contributed by atoms with Crippen molar-refractivity contribution in [2.45, 2.75) is 31.1 Å². The fourth-order valence-electron chi connectivity index (χ4n) is 3.38. The first-order chi connectivity index (χ1) is 16.1. The average Bonchev–Trinajstić information content (AvgIpc) is 3.15. The number of carboxylic acid groups (broad SMARTS) is 1. The second kappa shape index (κ2) is 10.7. The lowest BCUT2D eigenvalue weighted by molar-refractivity contribution is 0.202. The zero-order valence-corrected chi connectivity index (χ0v) is 20.5. The molecule has 180 valence electrons. The highest BCUT2D eigenvalue weighted by Gasteiger charge is 2.20. The molecule has 1 aromatic heterocycles. The predicted octanol–water partition coefficient (Wildman–Crippen LogP) is 3.73. The molecule has 0 bridgehead atoms. The topological polar surface area (TPSA) is 149 Å². The van der Waals surface area contributed by atoms with E-state index in [1.165, 1.54) is 22.5 Å². The lowest BCUT2D eigenvalue weighted by atomic mass is 10.0. The zero-order chi connectivity index (χ0) is 24.9. The second-order valence-electron chi connectivity index (χ2n) is 7.72. The zero-order valence-electron chi connectivity index (χ0n) is 18.9. The van der Waals surface area contributed by atoms with Gasteiger partial charge in [0.2, 0.25) is 0 Å². The number of hydrogen-bond acceptors (Lipinski definition) is 6. The van der Waals surface area contributed by atoms with E-state index in [0.717, 1.165) is 27.4 Å². The molecule has 0 aliphatic heterocycles. The van der Waals surface area contributed by atoms with Crippen LogP contribution < -0.4 is 16.0 Å². The molecule has 0 spiro atoms. The van der Waals surface area contributed by atoms with Crippen molar-refractivity contribution in [1.29, 1.82) is 5.41 Å². The largest absolute Gasteiger partial charge is 0.465 e. The van der Waals surface area contributed by atoms with Crippen molar-refractivity contribution in [3.8, 4) is 0 Å². The third-order valence-corrected chi connectivity index (χ3v) is 7.39. The maximum Gasteiger partial charge on any atom is 0.413 e. The van der Waals surface area contributed by atoms with Crippen LogP contribution in [0.1, 0.15) is 28.6 Å². The first-order valence-corrected chi connectivity index (χ1v) is 13.3. The van der Waals surface area contributed by atoms with Crippen molar-refractivity contribution in [2.24, 2.45) is 5.73 Å². The van der Waals surface area contributed by atoms with E-state index in [9.17, 15) is 18.3 Å². The Morgan fingerprint density at radius 3 is 2.26 bits per heavy atom. The number of aromatic nitrogens is 1. The van der Waals surface area contributed by atoms with Crippen molar-refractivity contribution in [3.05, 3.63) is 70.2 Å². The van der Waals surface area contributed by atoms with E-state index < -0.39 is 15.9 Å². The number of amides is 1. The van der Waals surface area contributed by atoms with Gasteiger partial charge in [0.05, 0.1) is 10.6 Å². The quantitative estimate of drug-likeness (QED) is 0.258. The Morgan fingerprint density at radius 2 is 1.74 bits per heavy atom. The smallest absolute Gasteiger partial charge is 0.413 e. The number of nitrogens with zero attached hydrogens (tertiary/aromatic N) is 2. The lowest BCUT2D eigenvalue weighted by Gasteiger charge is -2.12. The van der Waals surface area contributed by atoms with E-state index in [1.54, 1.807) is 31.2 Å². The van der Waals surface area contributed by atoms with Crippen LogP contribution in [0.15, 0.2) is 53.4 Å². The van der Waals surface area contributed by atoms with Crippen LogP contribution in [0.25, 0.3) is 0 Å². The van der Waals surface area contributed by atoms with E-state index in [4.69, 9.17) is 11.1 Å². The summed E-state index contributed by atoms with van der Waals surface area (Å²) >= 11 is 1.34. The van der Waals surface area contributed by atoms with Crippen LogP contribution >= 0.6 is 11.3 Å². The Balaban J connectivity index is 1.83. The van der Waals surface area contributed by atoms with Crippen molar-refractivity contribution in [3.63, 3.8) is 0 Å². The number of carbonyl (C=O) groups is 1. The number of benzene rings is 2. The molecular formula is C23H27N5O4S2. The summed E-state index contributed by atoms with van der Waals surface area (Å²) in [7, 11) is -3.27. The van der Waals surface area contributed by atoms with Crippen molar-refractivity contribution in [2.75, 3.05) is 23.0 Å². The van der Waals surface area contributed by atoms with Crippen LogP contribution in [0, 0.1) is 5.41 Å². The third kappa shape index (κ3) is 6.55. The number of nitrogens with one attached hydrogen (secondary N) is 2. The van der Waals surface area contributed by atoms with Gasteiger partial charge in [-0.2, -0.15) is 0 Å². The Kier molecular flexibility index (Phi) is 7.90. The fraction of sp³-hybridized carbons (Fsp3) is 0.261. The Hall–Kier alpha value is -3.44. The number of anilines is 2. The van der Waals surface area contributed by atoms with Gasteiger partial charge in [-0.15, -0.1) is 11.3 Å². The van der Waals surface area contributed by atoms with Crippen molar-refractivity contribution >= 4 is 44.0 Å². The molecule has 34 heavy (non-hydrogen) atoms. The van der Waals surface area contributed by atoms with Crippen molar-refractivity contribution in [1.82, 2.24) is 4.98 Å². The van der Waals surface area contributed by atoms with Gasteiger partial charge in [0.25, 0.3) is 0 Å². The number of aryl methyl sites for hydroxylation is 2. The van der Waals surface area contributed by atoms with Gasteiger partial charge >= 0.3 is 6.09 Å². The predicted molar refractivity (Wildman–Crippen MR) is 135 cm³/mol. The Labute approximate surface area is 202 Å². The van der Waals surface area contributed by atoms with Crippen LogP contribution in [0.3, 0.4) is 0 Å². The molecule has 3 rings (SSSR count). The Bertz CT molecular complexity index is 1270. The van der Waals surface area contributed by atoms with Gasteiger partial charge in [-0.3, -0.25) is 10.3 Å². The van der Waals surface area contributed by atoms with Crippen LogP contribution in [0.2, 0.25) is 0 Å². The number of hydrogen-bond donors (Lipinski definition) is 4. The molecular weight excluding hydrogens is 474 g/mol. The summed E-state index contributed by atoms with van der Waals surface area (Å²) in [6.45, 7) is 2.05. The number of sulfone groups is 1. The highest BCUT2D eigenvalue weighted by Crippen LogP contribution is 2.30. The monoisotopic (exact) mass is 501 g/mol. The van der Waals surface area contributed by atoms with E-state index in [2.05, 4.69) is 10.3 Å². The van der Waals surface area contributed by atoms with Gasteiger partial charge in [0.15, 0.2) is 20.9 Å². The molecule has 0 unspecified atom stereocenters. The molecule has 5 N–H and O–H groups in total. The number of guanidine groups is 1. The van der Waals surface area contributed by atoms with Gasteiger partial charge in [0, 0.05) is 29.8 Å². The third-order valence-electron chi connectivity index (χ3n) is 5.14. The normalized spacial score (nSPS) is 11.2. The highest BCUT2D eigenvalue weighted by atomic mass is 32.2. The second-order valence-corrected chi connectivity index (χ2v) is 10.8. The number of rotatable bonds is 9. The first-order valence-electron chi connectivity index (χ1n) is 10.5. The number of nitrogens with two attached hydrogens (primary N) is 1. The summed E-state index contributed by atoms with van der Waals surface area (Å²) in [5.41, 5.74) is 8.89. The lowest BCUT2D eigenvalue weighted by Crippen LogP contribution is -2.28. The Morgan fingerprint density at radius 1 is 1.12 bits per heavy atom. The van der Waals surface area contributed by atoms with Gasteiger partial charge in [0.1, 0.15) is 0 Å². The fourth-order valence-corrected chi connectivity index (χ4v) is 5.21. The van der Waals surface area contributed by atoms with Crippen LogP contribution in [0.5, 0.6) is 0 Å². The molecule has 0 fully saturated rings. The minimum absolute atomic E-state index is 0.129. The maximum atomic E-state index is 11.7. The molecule has 0 saturated carbocycles. The summed E-state index contributed by atoms with van der Waals surface area (Å²) in [6, 6.07) is 14.3. The molecule has 0 saturated heterocycles. The summed E-state index contributed by atoms with van der Waals surface area (Å²) in [6.07, 6.45) is 1.95. The molecule has 0 radical (unpaired) electrons. The average molecular weight is 502 g/mol. The van der Waals surface area contributed by atoms with Gasteiger partial charge in [-0.25, -0.2) is 18.2 Å². The molecule has 0 atom stereocenters. The van der Waals surface area contributed by atoms with E-state index >= 15 is 0 Å². The van der Waals surface area contributed by atoms with Crippen LogP contribution in [0.4, 0.5) is 15.6 Å². The van der Waals surface area contributed by atoms with Crippen LogP contribution in [-0.4, -0.2) is 43.4 Å². The molecule has 2 aromatic carbocycles. The van der Waals surface area contributed by atoms with Gasteiger partial charge in [-0.1, -0.05) is 24.3 Å². The summed E-state index contributed by atoms with van der Waals surface area (Å²) < 4.78 is 23.5. The van der Waals surface area contributed by atoms with Crippen LogP contribution in [-0.2, 0) is 29.1 Å². The minimum Gasteiger partial charge on any atom is -0.465 e. The standard InChI is InChI=1S/C23H27N5O4S2/c1-3-28(23(29)30)22-27-19(13-8-15-4-9-17(10-5-15)26-21(24)25)20(33-22)14-16-6-11-18(12-7-16)34(2,31)32/h4-7,9-12H,3,8,13-14H2,1-2H3,(H,29,30)(H4,24,25,26). The van der Waals surface area contributed by atoms with Gasteiger partial charge in [-0.05, 0) is 55.2 Å². The number of thiazole rings is 1. The summed E-state index contributed by atoms with van der Waals surface area (Å²) in [4.78, 5) is 18.7. The molecule has 3 aromatic rings. The maximum absolute atomic E-state index is 11.7. The SMILES string of the molecule is CCN(C(=O)O)c1nc(CCc2ccc(NC(=N)N)cc2)c(Cc2ccc(S(C)(=O)=O)cc2)s1. The molecule has 9 nitrogen and oxygen atoms in total. The van der Waals surface area contributed by atoms with Gasteiger partial charge < -0.3 is 16.2 Å². The summed E-state index contributed by atoms with van der Waals surface area (Å²) in [5, 5.41) is 20.0. The van der Waals surface area contributed by atoms with E-state index in [-0.39, 0.29) is 17.4 Å².